The number of nitrogens with zero attached hydrogens (tertiary/aromatic N) is 1. The van der Waals surface area contributed by atoms with Crippen LogP contribution in [0.15, 0.2) is 5.38 Å². The van der Waals surface area contributed by atoms with Crippen molar-refractivity contribution in [2.75, 3.05) is 19.8 Å². The first kappa shape index (κ1) is 12.6. The fourth-order valence-electron chi connectivity index (χ4n) is 1.43. The molecule has 0 aliphatic heterocycles. The zero-order valence-electron chi connectivity index (χ0n) is 9.53. The van der Waals surface area contributed by atoms with Gasteiger partial charge in [-0.1, -0.05) is 6.92 Å². The first-order valence-electron chi connectivity index (χ1n) is 5.53. The van der Waals surface area contributed by atoms with Crippen molar-refractivity contribution in [1.82, 2.24) is 4.98 Å². The van der Waals surface area contributed by atoms with Gasteiger partial charge in [-0.2, -0.15) is 0 Å². The van der Waals surface area contributed by atoms with E-state index in [1.165, 1.54) is 0 Å². The maximum atomic E-state index is 5.69. The van der Waals surface area contributed by atoms with E-state index in [1.54, 1.807) is 11.3 Å². The highest BCUT2D eigenvalue weighted by Gasteiger charge is 2.11. The molecule has 0 radical (unpaired) electrons. The molecule has 1 rings (SSSR count). The van der Waals surface area contributed by atoms with Gasteiger partial charge < -0.3 is 10.5 Å². The van der Waals surface area contributed by atoms with Crippen LogP contribution in [0.3, 0.4) is 0 Å². The summed E-state index contributed by atoms with van der Waals surface area (Å²) in [5.41, 5.74) is 6.84. The van der Waals surface area contributed by atoms with Gasteiger partial charge in [-0.3, -0.25) is 0 Å². The number of nitrogens with two attached hydrogens (primary N) is 1. The molecule has 0 fully saturated rings. The molecular weight excluding hydrogens is 208 g/mol. The number of hydrogen-bond donors (Lipinski definition) is 1. The Morgan fingerprint density at radius 3 is 2.93 bits per heavy atom. The summed E-state index contributed by atoms with van der Waals surface area (Å²) in [5, 5.41) is 3.29. The maximum Gasteiger partial charge on any atom is 0.0951 e. The molecule has 1 atom stereocenters. The maximum absolute atomic E-state index is 5.69. The number of thiazole rings is 1. The van der Waals surface area contributed by atoms with Gasteiger partial charge in [-0.05, 0) is 13.3 Å². The van der Waals surface area contributed by atoms with E-state index in [2.05, 4.69) is 17.3 Å². The first-order valence-corrected chi connectivity index (χ1v) is 6.41. The zero-order chi connectivity index (χ0) is 11.1. The molecule has 0 bridgehead atoms. The van der Waals surface area contributed by atoms with Crippen LogP contribution in [-0.4, -0.2) is 24.7 Å². The van der Waals surface area contributed by atoms with E-state index in [-0.39, 0.29) is 0 Å². The van der Waals surface area contributed by atoms with Crippen molar-refractivity contribution in [2.45, 2.75) is 32.6 Å². The lowest BCUT2D eigenvalue weighted by Gasteiger charge is -2.07. The van der Waals surface area contributed by atoms with Crippen LogP contribution in [0.2, 0.25) is 0 Å². The molecule has 15 heavy (non-hydrogen) atoms. The topological polar surface area (TPSA) is 48.1 Å². The van der Waals surface area contributed by atoms with Crippen LogP contribution in [0.5, 0.6) is 0 Å². The van der Waals surface area contributed by atoms with E-state index < -0.39 is 0 Å². The van der Waals surface area contributed by atoms with Crippen LogP contribution in [0.25, 0.3) is 0 Å². The van der Waals surface area contributed by atoms with E-state index in [0.29, 0.717) is 12.5 Å². The Labute approximate surface area is 95.7 Å². The quantitative estimate of drug-likeness (QED) is 0.728. The van der Waals surface area contributed by atoms with Crippen LogP contribution in [-0.2, 0) is 11.2 Å². The molecule has 3 nitrogen and oxygen atoms in total. The average Bonchev–Trinajstić information content (AvgIpc) is 2.69. The Morgan fingerprint density at radius 1 is 1.53 bits per heavy atom. The summed E-state index contributed by atoms with van der Waals surface area (Å²) in [7, 11) is 0. The van der Waals surface area contributed by atoms with Crippen LogP contribution in [0.1, 0.15) is 36.9 Å². The van der Waals surface area contributed by atoms with Crippen molar-refractivity contribution in [1.29, 1.82) is 0 Å². The summed E-state index contributed by atoms with van der Waals surface area (Å²) in [6, 6.07) is 0. The molecule has 4 heteroatoms. The van der Waals surface area contributed by atoms with Gasteiger partial charge in [0.2, 0.25) is 0 Å². The van der Waals surface area contributed by atoms with E-state index in [0.717, 1.165) is 36.8 Å². The van der Waals surface area contributed by atoms with Crippen molar-refractivity contribution >= 4 is 11.3 Å². The Morgan fingerprint density at radius 2 is 2.33 bits per heavy atom. The zero-order valence-corrected chi connectivity index (χ0v) is 10.3. The van der Waals surface area contributed by atoms with Gasteiger partial charge in [0.25, 0.3) is 0 Å². The molecular formula is C11H20N2OS. The lowest BCUT2D eigenvalue weighted by atomic mass is 10.0. The molecule has 0 spiro atoms. The van der Waals surface area contributed by atoms with Gasteiger partial charge in [0.1, 0.15) is 0 Å². The second-order valence-corrected chi connectivity index (χ2v) is 4.40. The minimum absolute atomic E-state index is 0.419. The summed E-state index contributed by atoms with van der Waals surface area (Å²) < 4.78 is 5.30. The smallest absolute Gasteiger partial charge is 0.0951 e. The number of aromatic nitrogens is 1. The highest BCUT2D eigenvalue weighted by molar-refractivity contribution is 7.09. The molecule has 0 saturated carbocycles. The second kappa shape index (κ2) is 6.93. The highest BCUT2D eigenvalue weighted by Crippen LogP contribution is 2.20. The van der Waals surface area contributed by atoms with Crippen LogP contribution < -0.4 is 5.73 Å². The van der Waals surface area contributed by atoms with Crippen LogP contribution >= 0.6 is 11.3 Å². The minimum atomic E-state index is 0.419. The van der Waals surface area contributed by atoms with Gasteiger partial charge in [-0.15, -0.1) is 11.3 Å². The molecule has 86 valence electrons. The fourth-order valence-corrected chi connectivity index (χ4v) is 2.29. The predicted octanol–water partition coefficient (Wildman–Crippen LogP) is 2.17. The Balaban J connectivity index is 2.47. The summed E-state index contributed by atoms with van der Waals surface area (Å²) in [6.07, 6.45) is 1.98. The Hall–Kier alpha value is -0.450. The minimum Gasteiger partial charge on any atom is -0.381 e. The summed E-state index contributed by atoms with van der Waals surface area (Å²) in [5.74, 6) is 0.419. The molecule has 1 unspecified atom stereocenters. The molecule has 1 aromatic rings. The SMILES string of the molecule is CCOCCc1nc(C(CC)CN)cs1. The third kappa shape index (κ3) is 3.89. The van der Waals surface area contributed by atoms with Gasteiger partial charge >= 0.3 is 0 Å². The van der Waals surface area contributed by atoms with Crippen molar-refractivity contribution < 1.29 is 4.74 Å². The van der Waals surface area contributed by atoms with E-state index in [9.17, 15) is 0 Å². The average molecular weight is 228 g/mol. The van der Waals surface area contributed by atoms with E-state index in [4.69, 9.17) is 10.5 Å². The number of rotatable bonds is 7. The molecule has 0 aliphatic carbocycles. The van der Waals surface area contributed by atoms with Crippen molar-refractivity contribution in [3.8, 4) is 0 Å². The summed E-state index contributed by atoms with van der Waals surface area (Å²) in [4.78, 5) is 4.58. The normalized spacial score (nSPS) is 13.0. The standard InChI is InChI=1S/C11H20N2OS/c1-3-9(7-12)10-8-15-11(13-10)5-6-14-4-2/h8-9H,3-7,12H2,1-2H3. The van der Waals surface area contributed by atoms with Gasteiger partial charge in [0.05, 0.1) is 17.3 Å². The Kier molecular flexibility index (Phi) is 5.83. The van der Waals surface area contributed by atoms with Gasteiger partial charge in [0.15, 0.2) is 0 Å². The first-order chi connectivity index (χ1) is 7.31. The molecule has 0 aliphatic rings. The molecule has 1 aromatic heterocycles. The summed E-state index contributed by atoms with van der Waals surface area (Å²) >= 11 is 1.71. The van der Waals surface area contributed by atoms with Crippen LogP contribution in [0.4, 0.5) is 0 Å². The molecule has 2 N–H and O–H groups in total. The third-order valence-electron chi connectivity index (χ3n) is 2.43. The molecule has 0 amide bonds. The highest BCUT2D eigenvalue weighted by atomic mass is 32.1. The molecule has 0 saturated heterocycles. The number of hydrogen-bond acceptors (Lipinski definition) is 4. The predicted molar refractivity (Wildman–Crippen MR) is 64.4 cm³/mol. The van der Waals surface area contributed by atoms with Crippen molar-refractivity contribution in [3.63, 3.8) is 0 Å². The van der Waals surface area contributed by atoms with E-state index in [1.807, 2.05) is 6.92 Å². The fraction of sp³-hybridized carbons (Fsp3) is 0.727. The molecule has 1 heterocycles. The monoisotopic (exact) mass is 228 g/mol. The van der Waals surface area contributed by atoms with Gasteiger partial charge in [0, 0.05) is 30.9 Å². The largest absolute Gasteiger partial charge is 0.381 e. The second-order valence-electron chi connectivity index (χ2n) is 3.45. The summed E-state index contributed by atoms with van der Waals surface area (Å²) in [6.45, 7) is 6.39. The lowest BCUT2D eigenvalue weighted by molar-refractivity contribution is 0.151. The number of ether oxygens (including phenoxy) is 1. The lowest BCUT2D eigenvalue weighted by Crippen LogP contribution is -2.12. The van der Waals surface area contributed by atoms with Crippen molar-refractivity contribution in [2.24, 2.45) is 5.73 Å². The Bertz CT molecular complexity index is 271. The van der Waals surface area contributed by atoms with Crippen LogP contribution in [0, 0.1) is 0 Å². The van der Waals surface area contributed by atoms with E-state index >= 15 is 0 Å². The third-order valence-corrected chi connectivity index (χ3v) is 3.36. The van der Waals surface area contributed by atoms with Crippen molar-refractivity contribution in [3.05, 3.63) is 16.1 Å². The van der Waals surface area contributed by atoms with Gasteiger partial charge in [-0.25, -0.2) is 4.98 Å². The molecule has 0 aromatic carbocycles.